The average Bonchev–Trinajstić information content (AvgIpc) is 2.52. The maximum atomic E-state index is 10.8. The number of benzene rings is 1. The van der Waals surface area contributed by atoms with Crippen LogP contribution in [0.4, 0.5) is 5.69 Å². The van der Waals surface area contributed by atoms with Crippen LogP contribution in [-0.2, 0) is 11.2 Å². The van der Waals surface area contributed by atoms with Gasteiger partial charge in [0.2, 0.25) is 5.91 Å². The van der Waals surface area contributed by atoms with Crippen molar-refractivity contribution < 1.29 is 9.90 Å². The number of aliphatic hydroxyl groups excluding tert-OH is 1. The van der Waals surface area contributed by atoms with E-state index in [0.717, 1.165) is 17.7 Å². The number of nitrogens with one attached hydrogen (secondary N) is 2. The van der Waals surface area contributed by atoms with Crippen LogP contribution in [0.5, 0.6) is 0 Å². The second kappa shape index (κ2) is 13.6. The molecule has 0 bridgehead atoms. The molecule has 0 aromatic heterocycles. The first-order valence-electron chi connectivity index (χ1n) is 7.88. The van der Waals surface area contributed by atoms with Gasteiger partial charge in [-0.05, 0) is 50.0 Å². The van der Waals surface area contributed by atoms with Gasteiger partial charge in [0.15, 0.2) is 0 Å². The summed E-state index contributed by atoms with van der Waals surface area (Å²) in [6.07, 6.45) is 4.81. The number of unbranched alkanes of at least 4 members (excludes halogenated alkanes) is 1. The molecule has 0 aliphatic carbocycles. The molecule has 0 fully saturated rings. The molecule has 0 saturated heterocycles. The highest BCUT2D eigenvalue weighted by Gasteiger charge is 1.99. The Bertz CT molecular complexity index is 375. The standard InChI is InChI=1S/C10H13NO2.C7H17N/c1-2-8-4-3-5-9(6-8)11-10(13)7-12;1-3-5-7-8-6-4-2/h3-6,12H,2,7H2,1H3,(H,11,13);8H,3-7H2,1-2H3. The van der Waals surface area contributed by atoms with E-state index >= 15 is 0 Å². The smallest absolute Gasteiger partial charge is 0.250 e. The van der Waals surface area contributed by atoms with E-state index in [1.807, 2.05) is 25.1 Å². The highest BCUT2D eigenvalue weighted by molar-refractivity contribution is 5.91. The van der Waals surface area contributed by atoms with E-state index in [9.17, 15) is 4.79 Å². The van der Waals surface area contributed by atoms with Crippen molar-refractivity contribution in [2.45, 2.75) is 46.5 Å². The molecular formula is C17H30N2O2. The average molecular weight is 294 g/mol. The Morgan fingerprint density at radius 1 is 1.14 bits per heavy atom. The summed E-state index contributed by atoms with van der Waals surface area (Å²) in [5.74, 6) is -0.381. The van der Waals surface area contributed by atoms with E-state index < -0.39 is 6.61 Å². The molecule has 1 aromatic carbocycles. The van der Waals surface area contributed by atoms with Gasteiger partial charge in [0.1, 0.15) is 6.61 Å². The monoisotopic (exact) mass is 294 g/mol. The number of amides is 1. The Balaban J connectivity index is 0.000000433. The second-order valence-electron chi connectivity index (χ2n) is 4.86. The first-order valence-corrected chi connectivity index (χ1v) is 7.88. The lowest BCUT2D eigenvalue weighted by Crippen LogP contribution is -2.15. The summed E-state index contributed by atoms with van der Waals surface area (Å²) >= 11 is 0. The number of hydrogen-bond acceptors (Lipinski definition) is 3. The van der Waals surface area contributed by atoms with Crippen LogP contribution in [0.15, 0.2) is 24.3 Å². The van der Waals surface area contributed by atoms with Crippen molar-refractivity contribution in [2.24, 2.45) is 0 Å². The molecule has 0 atom stereocenters. The lowest BCUT2D eigenvalue weighted by Gasteiger charge is -2.04. The molecule has 0 unspecified atom stereocenters. The van der Waals surface area contributed by atoms with Gasteiger partial charge in [0.25, 0.3) is 0 Å². The summed E-state index contributed by atoms with van der Waals surface area (Å²) in [7, 11) is 0. The first kappa shape index (κ1) is 19.6. The van der Waals surface area contributed by atoms with Gasteiger partial charge < -0.3 is 15.7 Å². The van der Waals surface area contributed by atoms with Gasteiger partial charge in [-0.3, -0.25) is 4.79 Å². The minimum atomic E-state index is -0.476. The third kappa shape index (κ3) is 11.0. The number of carbonyl (C=O) groups is 1. The van der Waals surface area contributed by atoms with Crippen LogP contribution in [0, 0.1) is 0 Å². The highest BCUT2D eigenvalue weighted by atomic mass is 16.3. The van der Waals surface area contributed by atoms with Gasteiger partial charge in [-0.25, -0.2) is 0 Å². The number of anilines is 1. The fraction of sp³-hybridized carbons (Fsp3) is 0.588. The molecule has 0 heterocycles. The van der Waals surface area contributed by atoms with Gasteiger partial charge in [0, 0.05) is 5.69 Å². The van der Waals surface area contributed by atoms with Crippen molar-refractivity contribution >= 4 is 11.6 Å². The van der Waals surface area contributed by atoms with E-state index in [1.165, 1.54) is 32.4 Å². The summed E-state index contributed by atoms with van der Waals surface area (Å²) in [5.41, 5.74) is 1.90. The van der Waals surface area contributed by atoms with Crippen LogP contribution < -0.4 is 10.6 Å². The number of carbonyl (C=O) groups excluding carboxylic acids is 1. The van der Waals surface area contributed by atoms with Gasteiger partial charge >= 0.3 is 0 Å². The first-order chi connectivity index (χ1) is 10.2. The lowest BCUT2D eigenvalue weighted by atomic mass is 10.1. The predicted molar refractivity (Wildman–Crippen MR) is 89.6 cm³/mol. The highest BCUT2D eigenvalue weighted by Crippen LogP contribution is 2.10. The summed E-state index contributed by atoms with van der Waals surface area (Å²) in [5, 5.41) is 14.4. The van der Waals surface area contributed by atoms with Crippen LogP contribution in [-0.4, -0.2) is 30.7 Å². The Morgan fingerprint density at radius 3 is 2.48 bits per heavy atom. The van der Waals surface area contributed by atoms with Crippen LogP contribution in [0.2, 0.25) is 0 Å². The Kier molecular flexibility index (Phi) is 12.7. The van der Waals surface area contributed by atoms with Crippen molar-refractivity contribution in [3.8, 4) is 0 Å². The summed E-state index contributed by atoms with van der Waals surface area (Å²) in [6.45, 7) is 8.36. The van der Waals surface area contributed by atoms with Crippen molar-refractivity contribution in [1.29, 1.82) is 0 Å². The van der Waals surface area contributed by atoms with Gasteiger partial charge in [-0.15, -0.1) is 0 Å². The van der Waals surface area contributed by atoms with Crippen molar-refractivity contribution in [3.05, 3.63) is 29.8 Å². The van der Waals surface area contributed by atoms with Crippen molar-refractivity contribution in [3.63, 3.8) is 0 Å². The van der Waals surface area contributed by atoms with E-state index in [1.54, 1.807) is 6.07 Å². The molecule has 1 amide bonds. The third-order valence-corrected chi connectivity index (χ3v) is 2.90. The molecule has 4 heteroatoms. The molecule has 0 aliphatic rings. The molecule has 0 aliphatic heterocycles. The minimum absolute atomic E-state index is 0.381. The molecule has 21 heavy (non-hydrogen) atoms. The van der Waals surface area contributed by atoms with E-state index in [4.69, 9.17) is 5.11 Å². The maximum absolute atomic E-state index is 10.8. The van der Waals surface area contributed by atoms with Gasteiger partial charge in [-0.2, -0.15) is 0 Å². The Hall–Kier alpha value is -1.39. The maximum Gasteiger partial charge on any atom is 0.250 e. The quantitative estimate of drug-likeness (QED) is 0.646. The van der Waals surface area contributed by atoms with Crippen LogP contribution in [0.3, 0.4) is 0 Å². The van der Waals surface area contributed by atoms with Crippen LogP contribution in [0.1, 0.15) is 45.6 Å². The molecule has 1 aromatic rings. The molecular weight excluding hydrogens is 264 g/mol. The van der Waals surface area contributed by atoms with Crippen molar-refractivity contribution in [1.82, 2.24) is 5.32 Å². The summed E-state index contributed by atoms with van der Waals surface area (Å²) < 4.78 is 0. The number of rotatable bonds is 8. The molecule has 0 spiro atoms. The van der Waals surface area contributed by atoms with Crippen molar-refractivity contribution in [2.75, 3.05) is 25.0 Å². The fourth-order valence-corrected chi connectivity index (χ4v) is 1.67. The van der Waals surface area contributed by atoms with E-state index in [0.29, 0.717) is 0 Å². The largest absolute Gasteiger partial charge is 0.387 e. The molecule has 0 radical (unpaired) electrons. The minimum Gasteiger partial charge on any atom is -0.387 e. The molecule has 1 rings (SSSR count). The van der Waals surface area contributed by atoms with Crippen LogP contribution in [0.25, 0.3) is 0 Å². The van der Waals surface area contributed by atoms with Gasteiger partial charge in [-0.1, -0.05) is 39.3 Å². The Morgan fingerprint density at radius 2 is 1.90 bits per heavy atom. The number of aliphatic hydroxyl groups is 1. The number of hydrogen-bond donors (Lipinski definition) is 3. The molecule has 4 nitrogen and oxygen atoms in total. The van der Waals surface area contributed by atoms with E-state index in [-0.39, 0.29) is 5.91 Å². The topological polar surface area (TPSA) is 61.4 Å². The normalized spacial score (nSPS) is 9.71. The molecule has 3 N–H and O–H groups in total. The zero-order chi connectivity index (χ0) is 15.9. The fourth-order valence-electron chi connectivity index (χ4n) is 1.67. The lowest BCUT2D eigenvalue weighted by molar-refractivity contribution is -0.118. The Labute approximate surface area is 129 Å². The zero-order valence-corrected chi connectivity index (χ0v) is 13.6. The molecule has 120 valence electrons. The number of aryl methyl sites for hydroxylation is 1. The summed E-state index contributed by atoms with van der Waals surface area (Å²) in [4.78, 5) is 10.8. The summed E-state index contributed by atoms with van der Waals surface area (Å²) in [6, 6.07) is 7.57. The SMILES string of the molecule is CCCCNCCC.CCc1cccc(NC(=O)CO)c1. The third-order valence-electron chi connectivity index (χ3n) is 2.90. The van der Waals surface area contributed by atoms with E-state index in [2.05, 4.69) is 24.5 Å². The zero-order valence-electron chi connectivity index (χ0n) is 13.6. The van der Waals surface area contributed by atoms with Gasteiger partial charge in [0.05, 0.1) is 0 Å². The predicted octanol–water partition coefficient (Wildman–Crippen LogP) is 2.97. The molecule has 0 saturated carbocycles. The second-order valence-corrected chi connectivity index (χ2v) is 4.86. The van der Waals surface area contributed by atoms with Crippen LogP contribution >= 0.6 is 0 Å².